The van der Waals surface area contributed by atoms with Crippen LogP contribution in [-0.4, -0.2) is 63.8 Å². The molecule has 0 aromatic heterocycles. The smallest absolute Gasteiger partial charge is 0.239 e. The van der Waals surface area contributed by atoms with E-state index in [9.17, 15) is 4.79 Å². The third-order valence-electron chi connectivity index (χ3n) is 2.32. The maximum Gasteiger partial charge on any atom is 0.239 e. The standard InChI is InChI=1S/C10H21N3O2/c1-13(2)6-3-4-12-10(14)9-8-15-7-5-11-9/h9,11H,3-8H2,1-2H3,(H,12,14). The predicted molar refractivity (Wildman–Crippen MR) is 58.8 cm³/mol. The lowest BCUT2D eigenvalue weighted by Gasteiger charge is -2.23. The summed E-state index contributed by atoms with van der Waals surface area (Å²) in [5, 5.41) is 6.02. The van der Waals surface area contributed by atoms with E-state index in [-0.39, 0.29) is 11.9 Å². The summed E-state index contributed by atoms with van der Waals surface area (Å²) in [4.78, 5) is 13.7. The molecule has 0 spiro atoms. The van der Waals surface area contributed by atoms with E-state index in [1.807, 2.05) is 14.1 Å². The number of amides is 1. The number of ether oxygens (including phenoxy) is 1. The molecule has 1 atom stereocenters. The van der Waals surface area contributed by atoms with Gasteiger partial charge in [-0.1, -0.05) is 0 Å². The molecule has 0 aromatic rings. The van der Waals surface area contributed by atoms with Crippen LogP contribution >= 0.6 is 0 Å². The Labute approximate surface area is 91.2 Å². The highest BCUT2D eigenvalue weighted by Gasteiger charge is 2.20. The van der Waals surface area contributed by atoms with Gasteiger partial charge in [0, 0.05) is 13.1 Å². The Morgan fingerprint density at radius 2 is 2.40 bits per heavy atom. The maximum atomic E-state index is 11.6. The number of hydrogen-bond acceptors (Lipinski definition) is 4. The van der Waals surface area contributed by atoms with Gasteiger partial charge in [-0.15, -0.1) is 0 Å². The largest absolute Gasteiger partial charge is 0.378 e. The molecule has 5 heteroatoms. The van der Waals surface area contributed by atoms with Crippen LogP contribution in [0.15, 0.2) is 0 Å². The Balaban J connectivity index is 2.07. The molecular weight excluding hydrogens is 194 g/mol. The Hall–Kier alpha value is -0.650. The molecule has 1 aliphatic rings. The molecule has 1 fully saturated rings. The lowest BCUT2D eigenvalue weighted by Crippen LogP contribution is -2.51. The molecule has 0 aliphatic carbocycles. The average Bonchev–Trinajstić information content (AvgIpc) is 2.25. The van der Waals surface area contributed by atoms with Crippen LogP contribution in [0, 0.1) is 0 Å². The van der Waals surface area contributed by atoms with E-state index in [0.29, 0.717) is 13.2 Å². The summed E-state index contributed by atoms with van der Waals surface area (Å²) in [5.41, 5.74) is 0. The Morgan fingerprint density at radius 3 is 3.00 bits per heavy atom. The van der Waals surface area contributed by atoms with Crippen molar-refractivity contribution in [1.29, 1.82) is 0 Å². The Morgan fingerprint density at radius 1 is 1.60 bits per heavy atom. The minimum absolute atomic E-state index is 0.0495. The van der Waals surface area contributed by atoms with E-state index in [1.54, 1.807) is 0 Å². The van der Waals surface area contributed by atoms with Gasteiger partial charge in [0.1, 0.15) is 6.04 Å². The normalized spacial score (nSPS) is 21.7. The van der Waals surface area contributed by atoms with Gasteiger partial charge in [0.15, 0.2) is 0 Å². The number of rotatable bonds is 5. The Bertz CT molecular complexity index is 191. The maximum absolute atomic E-state index is 11.6. The fourth-order valence-corrected chi connectivity index (χ4v) is 1.46. The van der Waals surface area contributed by atoms with Crippen LogP contribution in [0.4, 0.5) is 0 Å². The SMILES string of the molecule is CN(C)CCCNC(=O)C1COCCN1. The van der Waals surface area contributed by atoms with Crippen molar-refractivity contribution in [3.8, 4) is 0 Å². The van der Waals surface area contributed by atoms with Crippen LogP contribution < -0.4 is 10.6 Å². The molecule has 1 amide bonds. The highest BCUT2D eigenvalue weighted by atomic mass is 16.5. The van der Waals surface area contributed by atoms with E-state index < -0.39 is 0 Å². The van der Waals surface area contributed by atoms with Gasteiger partial charge in [0.25, 0.3) is 0 Å². The number of hydrogen-bond donors (Lipinski definition) is 2. The summed E-state index contributed by atoms with van der Waals surface area (Å²) in [6, 6.07) is -0.168. The van der Waals surface area contributed by atoms with Gasteiger partial charge < -0.3 is 20.3 Å². The minimum atomic E-state index is -0.168. The van der Waals surface area contributed by atoms with Crippen molar-refractivity contribution >= 4 is 5.91 Å². The van der Waals surface area contributed by atoms with Crippen LogP contribution in [0.5, 0.6) is 0 Å². The molecule has 15 heavy (non-hydrogen) atoms. The van der Waals surface area contributed by atoms with Gasteiger partial charge in [0.05, 0.1) is 13.2 Å². The molecule has 0 aromatic carbocycles. The number of nitrogens with one attached hydrogen (secondary N) is 2. The van der Waals surface area contributed by atoms with Gasteiger partial charge >= 0.3 is 0 Å². The van der Waals surface area contributed by atoms with Gasteiger partial charge in [-0.2, -0.15) is 0 Å². The fourth-order valence-electron chi connectivity index (χ4n) is 1.46. The van der Waals surface area contributed by atoms with Gasteiger partial charge in [0.2, 0.25) is 5.91 Å². The van der Waals surface area contributed by atoms with Gasteiger partial charge in [-0.3, -0.25) is 4.79 Å². The number of carbonyl (C=O) groups is 1. The van der Waals surface area contributed by atoms with Crippen LogP contribution in [-0.2, 0) is 9.53 Å². The third-order valence-corrected chi connectivity index (χ3v) is 2.32. The molecule has 0 radical (unpaired) electrons. The molecule has 1 aliphatic heterocycles. The van der Waals surface area contributed by atoms with E-state index >= 15 is 0 Å². The van der Waals surface area contributed by atoms with Crippen molar-refractivity contribution in [1.82, 2.24) is 15.5 Å². The van der Waals surface area contributed by atoms with Crippen LogP contribution in [0.25, 0.3) is 0 Å². The lowest BCUT2D eigenvalue weighted by atomic mass is 10.2. The minimum Gasteiger partial charge on any atom is -0.378 e. The topological polar surface area (TPSA) is 53.6 Å². The quantitative estimate of drug-likeness (QED) is 0.580. The van der Waals surface area contributed by atoms with E-state index in [2.05, 4.69) is 15.5 Å². The summed E-state index contributed by atoms with van der Waals surface area (Å²) in [5.74, 6) is 0.0495. The summed E-state index contributed by atoms with van der Waals surface area (Å²) >= 11 is 0. The molecule has 1 unspecified atom stereocenters. The lowest BCUT2D eigenvalue weighted by molar-refractivity contribution is -0.125. The van der Waals surface area contributed by atoms with Gasteiger partial charge in [-0.25, -0.2) is 0 Å². The molecular formula is C10H21N3O2. The first-order chi connectivity index (χ1) is 7.20. The summed E-state index contributed by atoms with van der Waals surface area (Å²) in [6.07, 6.45) is 0.978. The van der Waals surface area contributed by atoms with E-state index in [0.717, 1.165) is 26.1 Å². The summed E-state index contributed by atoms with van der Waals surface area (Å²) in [7, 11) is 4.05. The fraction of sp³-hybridized carbons (Fsp3) is 0.900. The zero-order valence-electron chi connectivity index (χ0n) is 9.58. The first-order valence-corrected chi connectivity index (χ1v) is 5.43. The predicted octanol–water partition coefficient (Wildman–Crippen LogP) is -0.957. The van der Waals surface area contributed by atoms with Crippen molar-refractivity contribution in [3.05, 3.63) is 0 Å². The molecule has 5 nitrogen and oxygen atoms in total. The molecule has 0 bridgehead atoms. The molecule has 1 heterocycles. The van der Waals surface area contributed by atoms with Crippen molar-refractivity contribution in [2.24, 2.45) is 0 Å². The van der Waals surface area contributed by atoms with E-state index in [4.69, 9.17) is 4.74 Å². The average molecular weight is 215 g/mol. The van der Waals surface area contributed by atoms with Crippen molar-refractivity contribution in [2.75, 3.05) is 46.9 Å². The van der Waals surface area contributed by atoms with E-state index in [1.165, 1.54) is 0 Å². The third kappa shape index (κ3) is 5.11. The molecule has 0 saturated carbocycles. The van der Waals surface area contributed by atoms with Crippen molar-refractivity contribution < 1.29 is 9.53 Å². The number of nitrogens with zero attached hydrogens (tertiary/aromatic N) is 1. The molecule has 2 N–H and O–H groups in total. The number of carbonyl (C=O) groups excluding carboxylic acids is 1. The highest BCUT2D eigenvalue weighted by molar-refractivity contribution is 5.81. The van der Waals surface area contributed by atoms with Crippen LogP contribution in [0.2, 0.25) is 0 Å². The second kappa shape index (κ2) is 6.76. The van der Waals surface area contributed by atoms with Crippen molar-refractivity contribution in [2.45, 2.75) is 12.5 Å². The second-order valence-electron chi connectivity index (χ2n) is 4.03. The van der Waals surface area contributed by atoms with Crippen molar-refractivity contribution in [3.63, 3.8) is 0 Å². The molecule has 1 rings (SSSR count). The molecule has 1 saturated heterocycles. The van der Waals surface area contributed by atoms with Crippen LogP contribution in [0.1, 0.15) is 6.42 Å². The number of morpholine rings is 1. The summed E-state index contributed by atoms with van der Waals surface area (Å²) < 4.78 is 5.22. The summed E-state index contributed by atoms with van der Waals surface area (Å²) in [6.45, 7) is 3.67. The highest BCUT2D eigenvalue weighted by Crippen LogP contribution is 1.93. The van der Waals surface area contributed by atoms with Gasteiger partial charge in [-0.05, 0) is 27.1 Å². The molecule has 88 valence electrons. The second-order valence-corrected chi connectivity index (χ2v) is 4.03. The monoisotopic (exact) mass is 215 g/mol. The zero-order chi connectivity index (χ0) is 11.1. The first-order valence-electron chi connectivity index (χ1n) is 5.43. The van der Waals surface area contributed by atoms with Crippen LogP contribution in [0.3, 0.4) is 0 Å². The zero-order valence-corrected chi connectivity index (χ0v) is 9.58. The first kappa shape index (κ1) is 12.4. The Kier molecular flexibility index (Phi) is 5.60.